The Morgan fingerprint density at radius 1 is 1.36 bits per heavy atom. The van der Waals surface area contributed by atoms with E-state index < -0.39 is 5.97 Å². The topological polar surface area (TPSA) is 63.6 Å². The summed E-state index contributed by atoms with van der Waals surface area (Å²) < 4.78 is 4.49. The first-order chi connectivity index (χ1) is 5.90. The summed E-state index contributed by atoms with van der Waals surface area (Å²) in [7, 11) is 0. The largest absolute Gasteiger partial charge is 0.466 e. The van der Waals surface area contributed by atoms with Crippen LogP contribution < -0.4 is 0 Å². The normalized spacial score (nSPS) is 8.14. The average Bonchev–Trinajstić information content (AvgIpc) is 1.83. The van der Waals surface area contributed by atoms with E-state index in [0.29, 0.717) is 6.61 Å². The Morgan fingerprint density at radius 3 is 1.93 bits per heavy atom. The lowest BCUT2D eigenvalue weighted by Gasteiger charge is -1.96. The van der Waals surface area contributed by atoms with Crippen molar-refractivity contribution in [2.24, 2.45) is 0 Å². The van der Waals surface area contributed by atoms with E-state index in [0.717, 1.165) is 0 Å². The molecule has 0 aliphatic heterocycles. The van der Waals surface area contributed by atoms with Crippen LogP contribution in [0.5, 0.6) is 0 Å². The molecule has 0 spiro atoms. The molecule has 1 N–H and O–H groups in total. The molecule has 0 aliphatic rings. The smallest absolute Gasteiger partial charge is 0.316 e. The van der Waals surface area contributed by atoms with Gasteiger partial charge in [-0.1, -0.05) is 0 Å². The van der Waals surface area contributed by atoms with Gasteiger partial charge in [0, 0.05) is 6.10 Å². The molecule has 0 aromatic heterocycles. The fraction of sp³-hybridized carbons (Fsp3) is 0.778. The molecule has 4 nitrogen and oxygen atoms in total. The van der Waals surface area contributed by atoms with Crippen LogP contribution in [0.4, 0.5) is 0 Å². The fourth-order valence-corrected chi connectivity index (χ4v) is 0.415. The van der Waals surface area contributed by atoms with Gasteiger partial charge >= 0.3 is 29.0 Å². The number of carbonyl (C=O) groups excluding carboxylic acids is 2. The zero-order valence-electron chi connectivity index (χ0n) is 8.66. The minimum atomic E-state index is -0.440. The Kier molecular flexibility index (Phi) is 17.9. The summed E-state index contributed by atoms with van der Waals surface area (Å²) in [5.41, 5.74) is 0. The maximum Gasteiger partial charge on any atom is 0.316 e. The highest BCUT2D eigenvalue weighted by Gasteiger charge is 2.03. The van der Waals surface area contributed by atoms with E-state index in [1.807, 2.05) is 0 Å². The molecule has 0 saturated heterocycles. The van der Waals surface area contributed by atoms with E-state index in [-0.39, 0.29) is 41.4 Å². The summed E-state index contributed by atoms with van der Waals surface area (Å²) >= 11 is 0. The fourth-order valence-electron chi connectivity index (χ4n) is 0.415. The molecule has 14 heavy (non-hydrogen) atoms. The van der Waals surface area contributed by atoms with Gasteiger partial charge in [0.2, 0.25) is 0 Å². The number of esters is 1. The van der Waals surface area contributed by atoms with E-state index in [2.05, 4.69) is 4.74 Å². The van der Waals surface area contributed by atoms with Gasteiger partial charge in [-0.25, -0.2) is 0 Å². The first-order valence-corrected chi connectivity index (χ1v) is 4.23. The van der Waals surface area contributed by atoms with E-state index in [4.69, 9.17) is 5.11 Å². The third-order valence-corrected chi connectivity index (χ3v) is 0.699. The predicted octanol–water partition coefficient (Wildman–Crippen LogP) is -0.000500. The van der Waals surface area contributed by atoms with Gasteiger partial charge in [-0.05, 0) is 27.7 Å². The van der Waals surface area contributed by atoms with Gasteiger partial charge in [-0.15, -0.1) is 0 Å². The van der Waals surface area contributed by atoms with Crippen molar-refractivity contribution in [3.8, 4) is 0 Å². The van der Waals surface area contributed by atoms with Crippen LogP contribution in [-0.4, -0.2) is 52.6 Å². The molecule has 0 heterocycles. The minimum absolute atomic E-state index is 0. The molecule has 0 amide bonds. The Hall–Kier alpha value is -0.134. The molecule has 82 valence electrons. The maximum atomic E-state index is 10.4. The van der Waals surface area contributed by atoms with E-state index >= 15 is 0 Å². The average molecular weight is 217 g/mol. The Balaban J connectivity index is -0.000000209. The third-order valence-electron chi connectivity index (χ3n) is 0.699. The number of Topliss-reactive ketones (excluding diaryl/α,β-unsaturated/α-hetero) is 1. The second-order valence-electron chi connectivity index (χ2n) is 2.78. The number of aliphatic hydroxyl groups excluding tert-OH is 1. The Morgan fingerprint density at radius 2 is 1.71 bits per heavy atom. The van der Waals surface area contributed by atoms with Gasteiger partial charge in [0.05, 0.1) is 6.61 Å². The highest BCUT2D eigenvalue weighted by Crippen LogP contribution is 1.86. The highest BCUT2D eigenvalue weighted by atomic mass is 24.3. The van der Waals surface area contributed by atoms with Gasteiger partial charge in [0.25, 0.3) is 0 Å². The number of ketones is 1. The number of ether oxygens (including phenoxy) is 1. The first kappa shape index (κ1) is 19.4. The number of hydrogen-bond acceptors (Lipinski definition) is 4. The molecule has 0 aliphatic carbocycles. The van der Waals surface area contributed by atoms with Crippen molar-refractivity contribution in [2.75, 3.05) is 6.61 Å². The molecule has 0 atom stereocenters. The van der Waals surface area contributed by atoms with Crippen molar-refractivity contribution in [2.45, 2.75) is 40.2 Å². The SMILES string of the molecule is CC(C)O.CCOC(=O)CC(C)=O.[MgH2]. The third kappa shape index (κ3) is 29.7. The van der Waals surface area contributed by atoms with Crippen LogP contribution in [0.3, 0.4) is 0 Å². The van der Waals surface area contributed by atoms with Crippen LogP contribution in [0.1, 0.15) is 34.1 Å². The van der Waals surface area contributed by atoms with Crippen molar-refractivity contribution in [1.82, 2.24) is 0 Å². The highest BCUT2D eigenvalue weighted by molar-refractivity contribution is 5.94. The number of carbonyl (C=O) groups is 2. The second kappa shape index (κ2) is 12.9. The van der Waals surface area contributed by atoms with E-state index in [1.54, 1.807) is 20.8 Å². The van der Waals surface area contributed by atoms with Gasteiger partial charge < -0.3 is 9.84 Å². The molecule has 0 unspecified atom stereocenters. The molecule has 0 aromatic rings. The van der Waals surface area contributed by atoms with Crippen LogP contribution in [-0.2, 0) is 14.3 Å². The lowest BCUT2D eigenvalue weighted by molar-refractivity contribution is -0.145. The van der Waals surface area contributed by atoms with Crippen molar-refractivity contribution < 1.29 is 19.4 Å². The molecule has 5 heteroatoms. The predicted molar refractivity (Wildman–Crippen MR) is 57.8 cm³/mol. The van der Waals surface area contributed by atoms with E-state index in [1.165, 1.54) is 6.92 Å². The quantitative estimate of drug-likeness (QED) is 0.410. The van der Waals surface area contributed by atoms with Crippen LogP contribution in [0, 0.1) is 0 Å². The van der Waals surface area contributed by atoms with Crippen molar-refractivity contribution >= 4 is 34.8 Å². The molecule has 0 saturated carbocycles. The molecule has 0 radical (unpaired) electrons. The molecular formula is C9H20MgO4. The van der Waals surface area contributed by atoms with Crippen LogP contribution in [0.15, 0.2) is 0 Å². The number of aliphatic hydroxyl groups is 1. The van der Waals surface area contributed by atoms with Gasteiger partial charge in [0.15, 0.2) is 0 Å². The van der Waals surface area contributed by atoms with Gasteiger partial charge in [-0.3, -0.25) is 9.59 Å². The Bertz CT molecular complexity index is 154. The second-order valence-corrected chi connectivity index (χ2v) is 2.78. The molecule has 0 aromatic carbocycles. The van der Waals surface area contributed by atoms with Crippen molar-refractivity contribution in [1.29, 1.82) is 0 Å². The molecular weight excluding hydrogens is 196 g/mol. The lowest BCUT2D eigenvalue weighted by atomic mass is 10.3. The zero-order chi connectivity index (χ0) is 10.9. The minimum Gasteiger partial charge on any atom is -0.466 e. The molecule has 0 rings (SSSR count). The summed E-state index contributed by atoms with van der Waals surface area (Å²) in [6.45, 7) is 6.85. The van der Waals surface area contributed by atoms with E-state index in [9.17, 15) is 9.59 Å². The Labute approximate surface area is 101 Å². The van der Waals surface area contributed by atoms with Gasteiger partial charge in [-0.2, -0.15) is 0 Å². The molecule has 0 bridgehead atoms. The van der Waals surface area contributed by atoms with Crippen LogP contribution >= 0.6 is 0 Å². The number of rotatable bonds is 3. The summed E-state index contributed by atoms with van der Waals surface area (Å²) in [6.07, 6.45) is -0.270. The standard InChI is InChI=1S/C6H10O3.C3H8O.Mg.2H/c1-3-9-6(8)4-5(2)7;1-3(2)4;;;/h3-4H2,1-2H3;3-4H,1-2H3;;;. The summed E-state index contributed by atoms with van der Waals surface area (Å²) in [6, 6.07) is 0. The first-order valence-electron chi connectivity index (χ1n) is 4.23. The van der Waals surface area contributed by atoms with Gasteiger partial charge in [0.1, 0.15) is 12.2 Å². The number of hydrogen-bond donors (Lipinski definition) is 1. The lowest BCUT2D eigenvalue weighted by Crippen LogP contribution is -2.07. The summed E-state index contributed by atoms with van der Waals surface area (Å²) in [5.74, 6) is -0.599. The summed E-state index contributed by atoms with van der Waals surface area (Å²) in [5, 5.41) is 8.06. The monoisotopic (exact) mass is 216 g/mol. The zero-order valence-corrected chi connectivity index (χ0v) is 8.66. The van der Waals surface area contributed by atoms with Crippen LogP contribution in [0.2, 0.25) is 0 Å². The van der Waals surface area contributed by atoms with Crippen LogP contribution in [0.25, 0.3) is 0 Å². The summed E-state index contributed by atoms with van der Waals surface area (Å²) in [4.78, 5) is 20.6. The van der Waals surface area contributed by atoms with Crippen molar-refractivity contribution in [3.05, 3.63) is 0 Å². The maximum absolute atomic E-state index is 10.4. The van der Waals surface area contributed by atoms with Crippen molar-refractivity contribution in [3.63, 3.8) is 0 Å². The molecule has 0 fully saturated rings.